The van der Waals surface area contributed by atoms with Crippen LogP contribution < -0.4 is 10.2 Å². The van der Waals surface area contributed by atoms with Crippen LogP contribution in [0, 0.1) is 0 Å². The Morgan fingerprint density at radius 1 is 1.04 bits per heavy atom. The van der Waals surface area contributed by atoms with Crippen LogP contribution in [0.25, 0.3) is 11.1 Å². The minimum atomic E-state index is -0.481. The molecule has 0 radical (unpaired) electrons. The van der Waals surface area contributed by atoms with Crippen molar-refractivity contribution in [3.05, 3.63) is 54.1 Å². The molecule has 4 heteroatoms. The molecule has 1 N–H and O–H groups in total. The van der Waals surface area contributed by atoms with Crippen LogP contribution in [0.3, 0.4) is 0 Å². The van der Waals surface area contributed by atoms with Crippen LogP contribution in [0.2, 0.25) is 0 Å². The quantitative estimate of drug-likeness (QED) is 0.903. The monoisotopic (exact) mass is 326 g/mol. The van der Waals surface area contributed by atoms with Gasteiger partial charge in [0.1, 0.15) is 5.60 Å². The summed E-state index contributed by atoms with van der Waals surface area (Å²) in [6.07, 6.45) is -0.398. The van der Waals surface area contributed by atoms with Crippen molar-refractivity contribution in [3.63, 3.8) is 0 Å². The Morgan fingerprint density at radius 2 is 1.71 bits per heavy atom. The maximum absolute atomic E-state index is 11.7. The third kappa shape index (κ3) is 5.30. The molecule has 128 valence electrons. The van der Waals surface area contributed by atoms with Gasteiger partial charge in [-0.1, -0.05) is 36.4 Å². The molecule has 24 heavy (non-hydrogen) atoms. The van der Waals surface area contributed by atoms with E-state index in [0.29, 0.717) is 6.54 Å². The lowest BCUT2D eigenvalue weighted by molar-refractivity contribution is 0.0523. The molecule has 0 aliphatic heterocycles. The van der Waals surface area contributed by atoms with Gasteiger partial charge in [0, 0.05) is 26.3 Å². The van der Waals surface area contributed by atoms with E-state index in [1.165, 1.54) is 11.3 Å². The number of anilines is 1. The number of hydrogen-bond donors (Lipinski definition) is 1. The normalized spacial score (nSPS) is 11.0. The van der Waals surface area contributed by atoms with Gasteiger partial charge in [-0.25, -0.2) is 4.79 Å². The van der Waals surface area contributed by atoms with Gasteiger partial charge >= 0.3 is 6.09 Å². The fourth-order valence-corrected chi connectivity index (χ4v) is 2.27. The molecule has 0 fully saturated rings. The van der Waals surface area contributed by atoms with Gasteiger partial charge in [-0.15, -0.1) is 0 Å². The van der Waals surface area contributed by atoms with E-state index in [0.717, 1.165) is 11.1 Å². The molecule has 4 nitrogen and oxygen atoms in total. The highest BCUT2D eigenvalue weighted by Gasteiger charge is 2.15. The summed E-state index contributed by atoms with van der Waals surface area (Å²) in [4.78, 5) is 13.8. The van der Waals surface area contributed by atoms with E-state index < -0.39 is 11.7 Å². The Kier molecular flexibility index (Phi) is 5.50. The predicted octanol–water partition coefficient (Wildman–Crippen LogP) is 4.44. The summed E-state index contributed by atoms with van der Waals surface area (Å²) >= 11 is 0. The molecule has 0 saturated heterocycles. The highest BCUT2D eigenvalue weighted by atomic mass is 16.6. The standard InChI is InChI=1S/C20H26N2O2/c1-20(2,3)24-19(23)21-14-15-9-11-16(12-10-15)17-7-6-8-18(13-17)22(4)5/h6-13H,14H2,1-5H3,(H,21,23). The Morgan fingerprint density at radius 3 is 2.29 bits per heavy atom. The molecule has 2 rings (SSSR count). The number of alkyl carbamates (subject to hydrolysis) is 1. The third-order valence-electron chi connectivity index (χ3n) is 3.49. The lowest BCUT2D eigenvalue weighted by Crippen LogP contribution is -2.32. The summed E-state index contributed by atoms with van der Waals surface area (Å²) in [5.74, 6) is 0. The number of nitrogens with one attached hydrogen (secondary N) is 1. The Labute approximate surface area is 144 Å². The highest BCUT2D eigenvalue weighted by molar-refractivity contribution is 5.69. The minimum absolute atomic E-state index is 0.398. The van der Waals surface area contributed by atoms with Crippen LogP contribution in [-0.2, 0) is 11.3 Å². The maximum atomic E-state index is 11.7. The molecule has 1 amide bonds. The summed E-state index contributed by atoms with van der Waals surface area (Å²) in [5, 5.41) is 2.77. The predicted molar refractivity (Wildman–Crippen MR) is 99.3 cm³/mol. The molecule has 2 aromatic rings. The van der Waals surface area contributed by atoms with E-state index in [2.05, 4.69) is 46.6 Å². The number of carbonyl (C=O) groups excluding carboxylic acids is 1. The van der Waals surface area contributed by atoms with Crippen molar-refractivity contribution in [3.8, 4) is 11.1 Å². The zero-order chi connectivity index (χ0) is 17.7. The summed E-state index contributed by atoms with van der Waals surface area (Å²) in [7, 11) is 4.06. The first-order valence-electron chi connectivity index (χ1n) is 8.08. The average molecular weight is 326 g/mol. The second kappa shape index (κ2) is 7.39. The number of nitrogens with zero attached hydrogens (tertiary/aromatic N) is 1. The molecular weight excluding hydrogens is 300 g/mol. The molecule has 0 bridgehead atoms. The van der Waals surface area contributed by atoms with Gasteiger partial charge in [-0.3, -0.25) is 0 Å². The van der Waals surface area contributed by atoms with Crippen LogP contribution in [0.1, 0.15) is 26.3 Å². The molecule has 0 saturated carbocycles. The lowest BCUT2D eigenvalue weighted by atomic mass is 10.0. The molecule has 0 aromatic heterocycles. The van der Waals surface area contributed by atoms with Gasteiger partial charge < -0.3 is 15.0 Å². The number of ether oxygens (including phenoxy) is 1. The fourth-order valence-electron chi connectivity index (χ4n) is 2.27. The zero-order valence-electron chi connectivity index (χ0n) is 15.1. The molecule has 0 spiro atoms. The van der Waals surface area contributed by atoms with E-state index >= 15 is 0 Å². The fraction of sp³-hybridized carbons (Fsp3) is 0.350. The van der Waals surface area contributed by atoms with Crippen molar-refractivity contribution in [1.82, 2.24) is 5.32 Å². The summed E-state index contributed by atoms with van der Waals surface area (Å²) < 4.78 is 5.23. The number of carbonyl (C=O) groups is 1. The van der Waals surface area contributed by atoms with Crippen LogP contribution in [0.15, 0.2) is 48.5 Å². The van der Waals surface area contributed by atoms with E-state index in [4.69, 9.17) is 4.74 Å². The number of rotatable bonds is 4. The van der Waals surface area contributed by atoms with E-state index in [9.17, 15) is 4.79 Å². The minimum Gasteiger partial charge on any atom is -0.444 e. The first-order valence-corrected chi connectivity index (χ1v) is 8.08. The van der Waals surface area contributed by atoms with Gasteiger partial charge in [0.05, 0.1) is 0 Å². The van der Waals surface area contributed by atoms with Crippen LogP contribution in [-0.4, -0.2) is 25.8 Å². The lowest BCUT2D eigenvalue weighted by Gasteiger charge is -2.19. The van der Waals surface area contributed by atoms with Gasteiger partial charge in [0.25, 0.3) is 0 Å². The molecule has 2 aromatic carbocycles. The number of hydrogen-bond acceptors (Lipinski definition) is 3. The third-order valence-corrected chi connectivity index (χ3v) is 3.49. The van der Waals surface area contributed by atoms with Crippen molar-refractivity contribution in [1.29, 1.82) is 0 Å². The Balaban J connectivity index is 2.01. The van der Waals surface area contributed by atoms with Crippen molar-refractivity contribution < 1.29 is 9.53 Å². The maximum Gasteiger partial charge on any atom is 0.407 e. The topological polar surface area (TPSA) is 41.6 Å². The Hall–Kier alpha value is -2.49. The summed E-state index contributed by atoms with van der Waals surface area (Å²) in [6, 6.07) is 16.6. The van der Waals surface area contributed by atoms with Crippen molar-refractivity contribution in [2.75, 3.05) is 19.0 Å². The second-order valence-corrected chi connectivity index (χ2v) is 7.00. The molecule has 0 aliphatic rings. The van der Waals surface area contributed by atoms with Crippen LogP contribution in [0.4, 0.5) is 10.5 Å². The molecular formula is C20H26N2O2. The van der Waals surface area contributed by atoms with Gasteiger partial charge in [-0.2, -0.15) is 0 Å². The Bertz CT molecular complexity index is 686. The van der Waals surface area contributed by atoms with Crippen LogP contribution >= 0.6 is 0 Å². The van der Waals surface area contributed by atoms with Crippen molar-refractivity contribution >= 4 is 11.8 Å². The van der Waals surface area contributed by atoms with E-state index in [1.54, 1.807) is 0 Å². The zero-order valence-corrected chi connectivity index (χ0v) is 15.1. The van der Waals surface area contributed by atoms with Gasteiger partial charge in [-0.05, 0) is 49.6 Å². The van der Waals surface area contributed by atoms with E-state index in [-0.39, 0.29) is 0 Å². The summed E-state index contributed by atoms with van der Waals surface area (Å²) in [6.45, 7) is 6.00. The van der Waals surface area contributed by atoms with Crippen molar-refractivity contribution in [2.45, 2.75) is 32.9 Å². The molecule has 0 heterocycles. The smallest absolute Gasteiger partial charge is 0.407 e. The summed E-state index contributed by atoms with van der Waals surface area (Å²) in [5.41, 5.74) is 4.05. The highest BCUT2D eigenvalue weighted by Crippen LogP contribution is 2.24. The van der Waals surface area contributed by atoms with Gasteiger partial charge in [0.15, 0.2) is 0 Å². The van der Waals surface area contributed by atoms with Crippen molar-refractivity contribution in [2.24, 2.45) is 0 Å². The van der Waals surface area contributed by atoms with Gasteiger partial charge in [0.2, 0.25) is 0 Å². The van der Waals surface area contributed by atoms with E-state index in [1.807, 2.05) is 47.0 Å². The molecule has 0 unspecified atom stereocenters. The second-order valence-electron chi connectivity index (χ2n) is 7.00. The van der Waals surface area contributed by atoms with Crippen LogP contribution in [0.5, 0.6) is 0 Å². The first-order chi connectivity index (χ1) is 11.2. The number of benzene rings is 2. The average Bonchev–Trinajstić information content (AvgIpc) is 2.52. The largest absolute Gasteiger partial charge is 0.444 e. The SMILES string of the molecule is CN(C)c1cccc(-c2ccc(CNC(=O)OC(C)(C)C)cc2)c1. The number of amides is 1. The molecule has 0 atom stereocenters. The first kappa shape index (κ1) is 17.9. The molecule has 0 aliphatic carbocycles.